The van der Waals surface area contributed by atoms with Crippen molar-refractivity contribution in [3.05, 3.63) is 53.6 Å². The number of amides is 2. The Hall–Kier alpha value is -2.69. The molecule has 2 aromatic carbocycles. The number of nitrogens with one attached hydrogen (secondary N) is 2. The molecule has 144 valence electrons. The van der Waals surface area contributed by atoms with E-state index in [0.717, 1.165) is 30.6 Å². The van der Waals surface area contributed by atoms with Crippen LogP contribution in [0, 0.1) is 6.92 Å². The van der Waals surface area contributed by atoms with E-state index in [9.17, 15) is 4.79 Å². The number of nitrogens with zero attached hydrogens (tertiary/aromatic N) is 1. The highest BCUT2D eigenvalue weighted by Crippen LogP contribution is 2.26. The maximum absolute atomic E-state index is 12.3. The number of aryl methyl sites for hydroxylation is 1. The van der Waals surface area contributed by atoms with Gasteiger partial charge < -0.3 is 20.3 Å². The highest BCUT2D eigenvalue weighted by atomic mass is 16.5. The molecule has 1 saturated heterocycles. The lowest BCUT2D eigenvalue weighted by Gasteiger charge is -2.18. The predicted octanol–water partition coefficient (Wildman–Crippen LogP) is 4.71. The minimum absolute atomic E-state index is 0.233. The van der Waals surface area contributed by atoms with Crippen molar-refractivity contribution in [2.24, 2.45) is 0 Å². The molecule has 1 heterocycles. The summed E-state index contributed by atoms with van der Waals surface area (Å²) in [7, 11) is 0. The Morgan fingerprint density at radius 3 is 2.56 bits per heavy atom. The molecule has 0 bridgehead atoms. The van der Waals surface area contributed by atoms with Gasteiger partial charge in [0.25, 0.3) is 0 Å². The molecule has 0 radical (unpaired) electrons. The lowest BCUT2D eigenvalue weighted by Crippen LogP contribution is -2.28. The number of hydrogen-bond donors (Lipinski definition) is 2. The number of anilines is 2. The molecule has 5 nitrogen and oxygen atoms in total. The third-order valence-electron chi connectivity index (χ3n) is 4.71. The second-order valence-electron chi connectivity index (χ2n) is 7.02. The fourth-order valence-corrected chi connectivity index (χ4v) is 3.21. The maximum Gasteiger partial charge on any atom is 0.319 e. The van der Waals surface area contributed by atoms with Gasteiger partial charge in [0.1, 0.15) is 5.75 Å². The Morgan fingerprint density at radius 1 is 1.11 bits per heavy atom. The monoisotopic (exact) mass is 367 g/mol. The van der Waals surface area contributed by atoms with Crippen LogP contribution in [0.25, 0.3) is 0 Å². The van der Waals surface area contributed by atoms with Crippen molar-refractivity contribution in [1.82, 2.24) is 5.32 Å². The van der Waals surface area contributed by atoms with Gasteiger partial charge in [0.2, 0.25) is 0 Å². The summed E-state index contributed by atoms with van der Waals surface area (Å²) in [5.41, 5.74) is 4.14. The van der Waals surface area contributed by atoms with Gasteiger partial charge in [0.15, 0.2) is 0 Å². The van der Waals surface area contributed by atoms with E-state index >= 15 is 0 Å². The third kappa shape index (κ3) is 5.39. The smallest absolute Gasteiger partial charge is 0.319 e. The lowest BCUT2D eigenvalue weighted by molar-refractivity contribution is 0.251. The fourth-order valence-electron chi connectivity index (χ4n) is 3.21. The molecule has 2 N–H and O–H groups in total. The standard InChI is InChI=1S/C22H29N3O2/c1-3-14-27-21-15-17(2)6-11-20(21)24-22(26)23-16-18-7-9-19(10-8-18)25-12-4-5-13-25/h6-11,15H,3-5,12-14,16H2,1-2H3,(H2,23,24,26). The highest BCUT2D eigenvalue weighted by molar-refractivity contribution is 5.90. The molecule has 2 amide bonds. The average Bonchev–Trinajstić information content (AvgIpc) is 3.22. The number of rotatable bonds is 7. The van der Waals surface area contributed by atoms with Crippen molar-refractivity contribution in [3.63, 3.8) is 0 Å². The van der Waals surface area contributed by atoms with Crippen molar-refractivity contribution >= 4 is 17.4 Å². The molecule has 1 aliphatic heterocycles. The van der Waals surface area contributed by atoms with Crippen LogP contribution in [0.5, 0.6) is 5.75 Å². The summed E-state index contributed by atoms with van der Waals surface area (Å²) >= 11 is 0. The Kier molecular flexibility index (Phi) is 6.58. The molecule has 0 aliphatic carbocycles. The van der Waals surface area contributed by atoms with E-state index < -0.39 is 0 Å². The number of benzene rings is 2. The molecule has 2 aromatic rings. The molecule has 3 rings (SSSR count). The normalized spacial score (nSPS) is 13.5. The zero-order valence-electron chi connectivity index (χ0n) is 16.3. The topological polar surface area (TPSA) is 53.6 Å². The maximum atomic E-state index is 12.3. The largest absolute Gasteiger partial charge is 0.491 e. The van der Waals surface area contributed by atoms with E-state index in [1.807, 2.05) is 25.1 Å². The second-order valence-corrected chi connectivity index (χ2v) is 7.02. The van der Waals surface area contributed by atoms with Gasteiger partial charge >= 0.3 is 6.03 Å². The van der Waals surface area contributed by atoms with Gasteiger partial charge in [-0.05, 0) is 61.6 Å². The van der Waals surface area contributed by atoms with E-state index in [-0.39, 0.29) is 6.03 Å². The van der Waals surface area contributed by atoms with Gasteiger partial charge in [0.05, 0.1) is 12.3 Å². The van der Waals surface area contributed by atoms with Crippen molar-refractivity contribution in [2.75, 3.05) is 29.9 Å². The fraction of sp³-hybridized carbons (Fsp3) is 0.409. The zero-order chi connectivity index (χ0) is 19.1. The first-order valence-electron chi connectivity index (χ1n) is 9.78. The minimum atomic E-state index is -0.233. The van der Waals surface area contributed by atoms with E-state index in [1.54, 1.807) is 0 Å². The highest BCUT2D eigenvalue weighted by Gasteiger charge is 2.12. The molecule has 0 unspecified atom stereocenters. The van der Waals surface area contributed by atoms with E-state index in [0.29, 0.717) is 24.6 Å². The first kappa shape index (κ1) is 19.1. The van der Waals surface area contributed by atoms with Crippen LogP contribution < -0.4 is 20.3 Å². The number of urea groups is 1. The van der Waals surface area contributed by atoms with Crippen LogP contribution in [0.2, 0.25) is 0 Å². The summed E-state index contributed by atoms with van der Waals surface area (Å²) in [4.78, 5) is 14.7. The van der Waals surface area contributed by atoms with E-state index in [4.69, 9.17) is 4.74 Å². The Bertz CT molecular complexity index is 753. The second kappa shape index (κ2) is 9.31. The lowest BCUT2D eigenvalue weighted by atomic mass is 10.2. The van der Waals surface area contributed by atoms with Crippen molar-refractivity contribution in [1.29, 1.82) is 0 Å². The molecule has 1 aliphatic rings. The van der Waals surface area contributed by atoms with Gasteiger partial charge in [-0.25, -0.2) is 4.79 Å². The third-order valence-corrected chi connectivity index (χ3v) is 4.71. The van der Waals surface area contributed by atoms with Gasteiger partial charge in [-0.15, -0.1) is 0 Å². The quantitative estimate of drug-likeness (QED) is 0.745. The number of hydrogen-bond acceptors (Lipinski definition) is 3. The van der Waals surface area contributed by atoms with Gasteiger partial charge in [-0.3, -0.25) is 0 Å². The zero-order valence-corrected chi connectivity index (χ0v) is 16.3. The number of carbonyl (C=O) groups excluding carboxylic acids is 1. The van der Waals surface area contributed by atoms with Crippen LogP contribution in [-0.2, 0) is 6.54 Å². The summed E-state index contributed by atoms with van der Waals surface area (Å²) < 4.78 is 5.75. The summed E-state index contributed by atoms with van der Waals surface area (Å²) in [6.07, 6.45) is 3.46. The number of ether oxygens (including phenoxy) is 1. The summed E-state index contributed by atoms with van der Waals surface area (Å²) in [5, 5.41) is 5.80. The van der Waals surface area contributed by atoms with Gasteiger partial charge in [-0.1, -0.05) is 25.1 Å². The van der Waals surface area contributed by atoms with Crippen LogP contribution in [0.3, 0.4) is 0 Å². The van der Waals surface area contributed by atoms with Crippen LogP contribution in [0.4, 0.5) is 16.2 Å². The first-order valence-corrected chi connectivity index (χ1v) is 9.78. The molecule has 0 saturated carbocycles. The van der Waals surface area contributed by atoms with Crippen LogP contribution >= 0.6 is 0 Å². The summed E-state index contributed by atoms with van der Waals surface area (Å²) in [5.74, 6) is 0.710. The Balaban J connectivity index is 1.53. The first-order chi connectivity index (χ1) is 13.2. The summed E-state index contributed by atoms with van der Waals surface area (Å²) in [6.45, 7) is 7.46. The Labute approximate surface area is 161 Å². The van der Waals surface area contributed by atoms with Crippen LogP contribution in [0.15, 0.2) is 42.5 Å². The van der Waals surface area contributed by atoms with Crippen LogP contribution in [-0.4, -0.2) is 25.7 Å². The minimum Gasteiger partial charge on any atom is -0.491 e. The predicted molar refractivity (Wildman–Crippen MR) is 111 cm³/mol. The van der Waals surface area contributed by atoms with Crippen LogP contribution in [0.1, 0.15) is 37.3 Å². The molecule has 0 atom stereocenters. The molecular formula is C22H29N3O2. The molecule has 27 heavy (non-hydrogen) atoms. The SMILES string of the molecule is CCCOc1cc(C)ccc1NC(=O)NCc1ccc(N2CCCC2)cc1. The van der Waals surface area contributed by atoms with Crippen molar-refractivity contribution in [2.45, 2.75) is 39.7 Å². The van der Waals surface area contributed by atoms with Gasteiger partial charge in [-0.2, -0.15) is 0 Å². The molecular weight excluding hydrogens is 338 g/mol. The number of carbonyl (C=O) groups is 1. The Morgan fingerprint density at radius 2 is 1.85 bits per heavy atom. The van der Waals surface area contributed by atoms with E-state index in [2.05, 4.69) is 46.7 Å². The molecule has 5 heteroatoms. The molecule has 0 spiro atoms. The van der Waals surface area contributed by atoms with E-state index in [1.165, 1.54) is 18.5 Å². The molecule has 0 aromatic heterocycles. The average molecular weight is 367 g/mol. The summed E-state index contributed by atoms with van der Waals surface area (Å²) in [6, 6.07) is 14.0. The molecule has 1 fully saturated rings. The van der Waals surface area contributed by atoms with Crippen molar-refractivity contribution < 1.29 is 9.53 Å². The van der Waals surface area contributed by atoms with Crippen molar-refractivity contribution in [3.8, 4) is 5.75 Å². The van der Waals surface area contributed by atoms with Gasteiger partial charge in [0, 0.05) is 25.3 Å².